The van der Waals surface area contributed by atoms with Crippen LogP contribution >= 0.6 is 0 Å². The molecular weight excluding hydrogens is 264 g/mol. The van der Waals surface area contributed by atoms with E-state index in [2.05, 4.69) is 50.2 Å². The first-order chi connectivity index (χ1) is 9.66. The van der Waals surface area contributed by atoms with Crippen molar-refractivity contribution < 1.29 is 5.11 Å². The van der Waals surface area contributed by atoms with Gasteiger partial charge in [0.25, 0.3) is 0 Å². The van der Waals surface area contributed by atoms with Crippen LogP contribution in [-0.4, -0.2) is 34.3 Å². The summed E-state index contributed by atoms with van der Waals surface area (Å²) >= 11 is 0. The Morgan fingerprint density at radius 1 is 1.10 bits per heavy atom. The van der Waals surface area contributed by atoms with E-state index in [1.54, 1.807) is 0 Å². The van der Waals surface area contributed by atoms with Gasteiger partial charge < -0.3 is 15.7 Å². The van der Waals surface area contributed by atoms with Crippen LogP contribution in [0, 0.1) is 6.92 Å². The lowest BCUT2D eigenvalue weighted by molar-refractivity contribution is 0.251. The summed E-state index contributed by atoms with van der Waals surface area (Å²) in [6.45, 7) is 12.7. The lowest BCUT2D eigenvalue weighted by Crippen LogP contribution is -2.36. The maximum Gasteiger partial charge on any atom is 0.138 e. The molecule has 21 heavy (non-hydrogen) atoms. The number of anilines is 2. The summed E-state index contributed by atoms with van der Waals surface area (Å²) in [7, 11) is 1.87. The molecule has 1 aromatic heterocycles. The van der Waals surface area contributed by atoms with E-state index >= 15 is 0 Å². The monoisotopic (exact) mass is 294 g/mol. The first-order valence-corrected chi connectivity index (χ1v) is 7.62. The molecule has 1 heterocycles. The lowest BCUT2D eigenvalue weighted by atomic mass is 9.94. The molecular formula is C16H30N4O. The van der Waals surface area contributed by atoms with Gasteiger partial charge in [-0.2, -0.15) is 0 Å². The van der Waals surface area contributed by atoms with Crippen molar-refractivity contribution in [2.45, 2.75) is 65.3 Å². The average molecular weight is 294 g/mol. The van der Waals surface area contributed by atoms with Crippen molar-refractivity contribution in [3.8, 4) is 0 Å². The minimum atomic E-state index is -0.173. The molecule has 0 saturated heterocycles. The van der Waals surface area contributed by atoms with Gasteiger partial charge in [0, 0.05) is 30.2 Å². The normalized spacial score (nSPS) is 14.7. The van der Waals surface area contributed by atoms with E-state index in [4.69, 9.17) is 4.98 Å². The van der Waals surface area contributed by atoms with Gasteiger partial charge in [-0.25, -0.2) is 9.97 Å². The van der Waals surface area contributed by atoms with Crippen molar-refractivity contribution in [3.05, 3.63) is 11.4 Å². The van der Waals surface area contributed by atoms with Crippen LogP contribution in [0.3, 0.4) is 0 Å². The van der Waals surface area contributed by atoms with Crippen LogP contribution < -0.4 is 10.6 Å². The molecule has 0 spiro atoms. The zero-order valence-corrected chi connectivity index (χ0v) is 14.5. The zero-order valence-electron chi connectivity index (χ0n) is 14.5. The zero-order chi connectivity index (χ0) is 16.3. The Morgan fingerprint density at radius 3 is 2.10 bits per heavy atom. The predicted octanol–water partition coefficient (Wildman–Crippen LogP) is 3.09. The van der Waals surface area contributed by atoms with E-state index < -0.39 is 0 Å². The second-order valence-electron chi connectivity index (χ2n) is 6.88. The molecule has 0 amide bonds. The highest BCUT2D eigenvalue weighted by Gasteiger charge is 2.26. The Balaban J connectivity index is 3.28. The molecule has 0 aliphatic heterocycles. The van der Waals surface area contributed by atoms with Gasteiger partial charge in [0.1, 0.15) is 17.5 Å². The van der Waals surface area contributed by atoms with Crippen LogP contribution in [-0.2, 0) is 5.41 Å². The van der Waals surface area contributed by atoms with Crippen LogP contribution in [0.2, 0.25) is 0 Å². The topological polar surface area (TPSA) is 70.1 Å². The summed E-state index contributed by atoms with van der Waals surface area (Å²) < 4.78 is 0. The molecule has 0 radical (unpaired) electrons. The number of aliphatic hydroxyl groups excluding tert-OH is 1. The van der Waals surface area contributed by atoms with Gasteiger partial charge in [0.15, 0.2) is 0 Å². The van der Waals surface area contributed by atoms with Crippen molar-refractivity contribution in [3.63, 3.8) is 0 Å². The predicted molar refractivity (Wildman–Crippen MR) is 89.0 cm³/mol. The van der Waals surface area contributed by atoms with E-state index in [9.17, 15) is 5.11 Å². The Labute approximate surface area is 128 Å². The third-order valence-electron chi connectivity index (χ3n) is 3.92. The number of nitrogens with one attached hydrogen (secondary N) is 2. The number of hydrogen-bond acceptors (Lipinski definition) is 5. The first kappa shape index (κ1) is 17.7. The smallest absolute Gasteiger partial charge is 0.138 e. The standard InChI is InChI=1S/C16H30N4O/c1-8-16(6,9-10-21)20-13-11(2)12(17-7)18-14(19-13)15(3,4)5/h21H,8-10H2,1-7H3,(H2,17,18,19,20). The van der Waals surface area contributed by atoms with Crippen molar-refractivity contribution in [2.24, 2.45) is 0 Å². The van der Waals surface area contributed by atoms with Gasteiger partial charge in [-0.05, 0) is 26.7 Å². The molecule has 1 rings (SSSR count). The number of aromatic nitrogens is 2. The van der Waals surface area contributed by atoms with Gasteiger partial charge in [-0.3, -0.25) is 0 Å². The number of aliphatic hydroxyl groups is 1. The lowest BCUT2D eigenvalue weighted by Gasteiger charge is -2.31. The average Bonchev–Trinajstić information content (AvgIpc) is 2.40. The van der Waals surface area contributed by atoms with Crippen LogP contribution in [0.1, 0.15) is 58.8 Å². The molecule has 120 valence electrons. The second kappa shape index (κ2) is 6.60. The van der Waals surface area contributed by atoms with Crippen LogP contribution in [0.25, 0.3) is 0 Å². The van der Waals surface area contributed by atoms with Gasteiger partial charge in [0.2, 0.25) is 0 Å². The van der Waals surface area contributed by atoms with Crippen LogP contribution in [0.15, 0.2) is 0 Å². The molecule has 3 N–H and O–H groups in total. The Morgan fingerprint density at radius 2 is 1.67 bits per heavy atom. The van der Waals surface area contributed by atoms with Crippen molar-refractivity contribution >= 4 is 11.6 Å². The fraction of sp³-hybridized carbons (Fsp3) is 0.750. The molecule has 0 bridgehead atoms. The summed E-state index contributed by atoms with van der Waals surface area (Å²) in [6, 6.07) is 0. The van der Waals surface area contributed by atoms with Gasteiger partial charge >= 0.3 is 0 Å². The highest BCUT2D eigenvalue weighted by molar-refractivity contribution is 5.58. The van der Waals surface area contributed by atoms with E-state index in [-0.39, 0.29) is 17.6 Å². The molecule has 0 saturated carbocycles. The summed E-state index contributed by atoms with van der Waals surface area (Å²) in [5.74, 6) is 2.50. The van der Waals surface area contributed by atoms with Gasteiger partial charge in [-0.1, -0.05) is 27.7 Å². The first-order valence-electron chi connectivity index (χ1n) is 7.62. The minimum Gasteiger partial charge on any atom is -0.396 e. The Bertz CT molecular complexity index is 482. The molecule has 5 heteroatoms. The van der Waals surface area contributed by atoms with Crippen molar-refractivity contribution in [2.75, 3.05) is 24.3 Å². The largest absolute Gasteiger partial charge is 0.396 e. The molecule has 1 atom stereocenters. The van der Waals surface area contributed by atoms with Crippen molar-refractivity contribution in [1.82, 2.24) is 9.97 Å². The SMILES string of the molecule is CCC(C)(CCO)Nc1nc(C(C)(C)C)nc(NC)c1C. The number of nitrogens with zero attached hydrogens (tertiary/aromatic N) is 2. The van der Waals surface area contributed by atoms with E-state index in [1.165, 1.54) is 0 Å². The fourth-order valence-electron chi connectivity index (χ4n) is 2.08. The second-order valence-corrected chi connectivity index (χ2v) is 6.88. The molecule has 0 fully saturated rings. The Kier molecular flexibility index (Phi) is 5.56. The third-order valence-corrected chi connectivity index (χ3v) is 3.92. The maximum atomic E-state index is 9.28. The molecule has 0 aliphatic carbocycles. The number of rotatable bonds is 6. The van der Waals surface area contributed by atoms with E-state index in [0.717, 1.165) is 29.4 Å². The molecule has 0 aromatic carbocycles. The van der Waals surface area contributed by atoms with Crippen LogP contribution in [0.4, 0.5) is 11.6 Å². The van der Waals surface area contributed by atoms with Crippen LogP contribution in [0.5, 0.6) is 0 Å². The molecule has 1 unspecified atom stereocenters. The van der Waals surface area contributed by atoms with Gasteiger partial charge in [0.05, 0.1) is 0 Å². The van der Waals surface area contributed by atoms with E-state index in [0.29, 0.717) is 6.42 Å². The molecule has 0 aliphatic rings. The minimum absolute atomic E-state index is 0.116. The maximum absolute atomic E-state index is 9.28. The summed E-state index contributed by atoms with van der Waals surface area (Å²) in [4.78, 5) is 9.34. The third kappa shape index (κ3) is 4.30. The summed E-state index contributed by atoms with van der Waals surface area (Å²) in [6.07, 6.45) is 1.60. The summed E-state index contributed by atoms with van der Waals surface area (Å²) in [5, 5.41) is 15.9. The fourth-order valence-corrected chi connectivity index (χ4v) is 2.08. The Hall–Kier alpha value is -1.36. The number of hydrogen-bond donors (Lipinski definition) is 3. The van der Waals surface area contributed by atoms with Crippen molar-refractivity contribution in [1.29, 1.82) is 0 Å². The quantitative estimate of drug-likeness (QED) is 0.752. The highest BCUT2D eigenvalue weighted by atomic mass is 16.3. The highest BCUT2D eigenvalue weighted by Crippen LogP contribution is 2.29. The molecule has 1 aromatic rings. The van der Waals surface area contributed by atoms with E-state index in [1.807, 2.05) is 14.0 Å². The molecule has 5 nitrogen and oxygen atoms in total. The van der Waals surface area contributed by atoms with Gasteiger partial charge in [-0.15, -0.1) is 0 Å². The summed E-state index contributed by atoms with van der Waals surface area (Å²) in [5.41, 5.74) is 0.715.